The molecule has 0 saturated carbocycles. The van der Waals surface area contributed by atoms with Crippen LogP contribution in [-0.4, -0.2) is 18.2 Å². The Hall–Kier alpha value is -1.78. The van der Waals surface area contributed by atoms with E-state index < -0.39 is 6.16 Å². The molecule has 0 aliphatic heterocycles. The fourth-order valence-corrected chi connectivity index (χ4v) is 1.71. The van der Waals surface area contributed by atoms with E-state index in [1.807, 2.05) is 6.07 Å². The molecule has 4 nitrogen and oxygen atoms in total. The zero-order chi connectivity index (χ0) is 13.8. The second-order valence-corrected chi connectivity index (χ2v) is 4.38. The van der Waals surface area contributed by atoms with Crippen molar-refractivity contribution in [1.82, 2.24) is 4.98 Å². The molecule has 1 heterocycles. The van der Waals surface area contributed by atoms with Gasteiger partial charge in [0.1, 0.15) is 0 Å². The van der Waals surface area contributed by atoms with Crippen molar-refractivity contribution in [3.05, 3.63) is 46.6 Å². The Balaban J connectivity index is 2.22. The van der Waals surface area contributed by atoms with Crippen molar-refractivity contribution in [1.29, 1.82) is 0 Å². The van der Waals surface area contributed by atoms with E-state index in [1.54, 1.807) is 30.5 Å². The molecular formula is C13H9Cl2NO3. The quantitative estimate of drug-likeness (QED) is 0.780. The van der Waals surface area contributed by atoms with E-state index in [0.717, 1.165) is 11.1 Å². The Morgan fingerprint density at radius 3 is 2.42 bits per heavy atom. The summed E-state index contributed by atoms with van der Waals surface area (Å²) in [5.41, 5.74) is 1.70. The maximum Gasteiger partial charge on any atom is 0.514 e. The third kappa shape index (κ3) is 3.36. The van der Waals surface area contributed by atoms with Crippen LogP contribution in [0.1, 0.15) is 0 Å². The Bertz CT molecular complexity index is 599. The van der Waals surface area contributed by atoms with Crippen LogP contribution >= 0.6 is 23.2 Å². The average molecular weight is 298 g/mol. The van der Waals surface area contributed by atoms with E-state index in [-0.39, 0.29) is 5.88 Å². The molecule has 0 spiro atoms. The highest BCUT2D eigenvalue weighted by Gasteiger charge is 2.06. The number of nitrogens with zero attached hydrogens (tertiary/aromatic N) is 1. The number of halogens is 2. The molecule has 0 fully saturated rings. The number of pyridine rings is 1. The van der Waals surface area contributed by atoms with Crippen LogP contribution in [0.5, 0.6) is 5.88 Å². The minimum Gasteiger partial charge on any atom is -0.437 e. The Morgan fingerprint density at radius 1 is 1.11 bits per heavy atom. The third-order valence-corrected chi connectivity index (χ3v) is 3.08. The summed E-state index contributed by atoms with van der Waals surface area (Å²) in [5, 5.41) is 0.957. The second-order valence-electron chi connectivity index (χ2n) is 3.57. The highest BCUT2D eigenvalue weighted by Crippen LogP contribution is 2.28. The molecule has 0 aliphatic rings. The van der Waals surface area contributed by atoms with Gasteiger partial charge in [0, 0.05) is 17.8 Å². The largest absolute Gasteiger partial charge is 0.514 e. The molecule has 2 rings (SSSR count). The van der Waals surface area contributed by atoms with Crippen molar-refractivity contribution in [3.63, 3.8) is 0 Å². The second kappa shape index (κ2) is 5.91. The molecule has 98 valence electrons. The number of ether oxygens (including phenoxy) is 2. The van der Waals surface area contributed by atoms with E-state index in [0.29, 0.717) is 10.0 Å². The van der Waals surface area contributed by atoms with Gasteiger partial charge in [0.2, 0.25) is 5.88 Å². The zero-order valence-corrected chi connectivity index (χ0v) is 11.4. The number of benzene rings is 1. The fraction of sp³-hybridized carbons (Fsp3) is 0.0769. The molecule has 0 atom stereocenters. The predicted molar refractivity (Wildman–Crippen MR) is 72.7 cm³/mol. The summed E-state index contributed by atoms with van der Waals surface area (Å²) < 4.78 is 9.14. The van der Waals surface area contributed by atoms with Gasteiger partial charge in [-0.15, -0.1) is 0 Å². The van der Waals surface area contributed by atoms with Crippen molar-refractivity contribution in [2.75, 3.05) is 7.11 Å². The Morgan fingerprint density at radius 2 is 1.84 bits per heavy atom. The molecule has 0 radical (unpaired) electrons. The lowest BCUT2D eigenvalue weighted by molar-refractivity contribution is 0.119. The van der Waals surface area contributed by atoms with Crippen molar-refractivity contribution >= 4 is 29.4 Å². The standard InChI is InChI=1S/C13H9Cl2NO3/c1-18-13(17)19-12-5-3-9(7-16-12)8-2-4-10(14)11(15)6-8/h2-7H,1H3. The molecule has 0 amide bonds. The molecule has 1 aromatic carbocycles. The minimum atomic E-state index is -0.810. The van der Waals surface area contributed by atoms with Gasteiger partial charge in [0.15, 0.2) is 0 Å². The number of hydrogen-bond acceptors (Lipinski definition) is 4. The number of carbonyl (C=O) groups is 1. The first kappa shape index (κ1) is 13.6. The number of aromatic nitrogens is 1. The van der Waals surface area contributed by atoms with Gasteiger partial charge in [0.25, 0.3) is 0 Å². The first-order valence-electron chi connectivity index (χ1n) is 5.27. The molecule has 0 unspecified atom stereocenters. The van der Waals surface area contributed by atoms with Gasteiger partial charge in [-0.05, 0) is 23.8 Å². The highest BCUT2D eigenvalue weighted by atomic mass is 35.5. The molecule has 19 heavy (non-hydrogen) atoms. The summed E-state index contributed by atoms with van der Waals surface area (Å²) in [6.07, 6.45) is 0.757. The minimum absolute atomic E-state index is 0.163. The van der Waals surface area contributed by atoms with Crippen LogP contribution in [0, 0.1) is 0 Å². The zero-order valence-electron chi connectivity index (χ0n) is 9.89. The van der Waals surface area contributed by atoms with Crippen LogP contribution in [0.3, 0.4) is 0 Å². The molecule has 0 saturated heterocycles. The highest BCUT2D eigenvalue weighted by molar-refractivity contribution is 6.42. The van der Waals surface area contributed by atoms with E-state index in [2.05, 4.69) is 9.72 Å². The van der Waals surface area contributed by atoms with E-state index in [9.17, 15) is 4.79 Å². The molecule has 0 N–H and O–H groups in total. The lowest BCUT2D eigenvalue weighted by Crippen LogP contribution is -2.08. The summed E-state index contributed by atoms with van der Waals surface area (Å²) in [5.74, 6) is 0.163. The summed E-state index contributed by atoms with van der Waals surface area (Å²) in [6.45, 7) is 0. The van der Waals surface area contributed by atoms with Gasteiger partial charge in [-0.3, -0.25) is 0 Å². The van der Waals surface area contributed by atoms with Crippen LogP contribution in [-0.2, 0) is 4.74 Å². The summed E-state index contributed by atoms with van der Waals surface area (Å²) >= 11 is 11.8. The first-order chi connectivity index (χ1) is 9.10. The van der Waals surface area contributed by atoms with Gasteiger partial charge >= 0.3 is 6.16 Å². The molecule has 0 aliphatic carbocycles. The summed E-state index contributed by atoms with van der Waals surface area (Å²) in [4.78, 5) is 14.9. The normalized spacial score (nSPS) is 10.1. The molecule has 0 bridgehead atoms. The Kier molecular flexibility index (Phi) is 4.24. The van der Waals surface area contributed by atoms with Crippen molar-refractivity contribution in [3.8, 4) is 17.0 Å². The lowest BCUT2D eigenvalue weighted by Gasteiger charge is -2.05. The lowest BCUT2D eigenvalue weighted by atomic mass is 10.1. The predicted octanol–water partition coefficient (Wildman–Crippen LogP) is 4.20. The number of rotatable bonds is 2. The van der Waals surface area contributed by atoms with Crippen LogP contribution in [0.15, 0.2) is 36.5 Å². The molecular weight excluding hydrogens is 289 g/mol. The SMILES string of the molecule is COC(=O)Oc1ccc(-c2ccc(Cl)c(Cl)c2)cn1. The molecule has 1 aromatic heterocycles. The van der Waals surface area contributed by atoms with Gasteiger partial charge in [-0.25, -0.2) is 9.78 Å². The number of hydrogen-bond donors (Lipinski definition) is 0. The summed E-state index contributed by atoms with van der Waals surface area (Å²) in [7, 11) is 1.23. The maximum atomic E-state index is 10.9. The van der Waals surface area contributed by atoms with Gasteiger partial charge in [-0.2, -0.15) is 0 Å². The van der Waals surface area contributed by atoms with Crippen molar-refractivity contribution in [2.24, 2.45) is 0 Å². The smallest absolute Gasteiger partial charge is 0.437 e. The summed E-state index contributed by atoms with van der Waals surface area (Å²) in [6, 6.07) is 8.59. The van der Waals surface area contributed by atoms with Crippen molar-refractivity contribution < 1.29 is 14.3 Å². The van der Waals surface area contributed by atoms with Gasteiger partial charge in [0.05, 0.1) is 17.2 Å². The number of methoxy groups -OCH3 is 1. The molecule has 2 aromatic rings. The third-order valence-electron chi connectivity index (χ3n) is 2.34. The maximum absolute atomic E-state index is 10.9. The van der Waals surface area contributed by atoms with Crippen LogP contribution in [0.2, 0.25) is 10.0 Å². The number of carbonyl (C=O) groups excluding carboxylic acids is 1. The van der Waals surface area contributed by atoms with Crippen LogP contribution in [0.25, 0.3) is 11.1 Å². The van der Waals surface area contributed by atoms with Crippen molar-refractivity contribution in [2.45, 2.75) is 0 Å². The van der Waals surface area contributed by atoms with Crippen LogP contribution in [0.4, 0.5) is 4.79 Å². The molecule has 6 heteroatoms. The first-order valence-corrected chi connectivity index (χ1v) is 6.03. The topological polar surface area (TPSA) is 48.4 Å². The van der Waals surface area contributed by atoms with Crippen LogP contribution < -0.4 is 4.74 Å². The van der Waals surface area contributed by atoms with Gasteiger partial charge < -0.3 is 9.47 Å². The monoisotopic (exact) mass is 297 g/mol. The van der Waals surface area contributed by atoms with E-state index in [4.69, 9.17) is 27.9 Å². The van der Waals surface area contributed by atoms with E-state index >= 15 is 0 Å². The Labute approximate surface area is 119 Å². The average Bonchev–Trinajstić information content (AvgIpc) is 2.42. The van der Waals surface area contributed by atoms with Gasteiger partial charge in [-0.1, -0.05) is 29.3 Å². The van der Waals surface area contributed by atoms with E-state index in [1.165, 1.54) is 7.11 Å². The fourth-order valence-electron chi connectivity index (χ4n) is 1.41.